The van der Waals surface area contributed by atoms with Crippen LogP contribution in [0.3, 0.4) is 0 Å². The van der Waals surface area contributed by atoms with E-state index >= 15 is 0 Å². The number of fused-ring (bicyclic) bond motifs is 1. The van der Waals surface area contributed by atoms with Crippen molar-refractivity contribution in [3.05, 3.63) is 81.0 Å². The van der Waals surface area contributed by atoms with Crippen molar-refractivity contribution in [3.8, 4) is 11.1 Å². The van der Waals surface area contributed by atoms with Gasteiger partial charge in [-0.05, 0) is 29.5 Å². The Bertz CT molecular complexity index is 1360. The van der Waals surface area contributed by atoms with Crippen LogP contribution in [0.2, 0.25) is 0 Å². The van der Waals surface area contributed by atoms with Gasteiger partial charge in [-0.25, -0.2) is 10.4 Å². The number of hydrogen-bond donors (Lipinski definition) is 2. The lowest BCUT2D eigenvalue weighted by Crippen LogP contribution is -2.20. The molecule has 0 saturated heterocycles. The summed E-state index contributed by atoms with van der Waals surface area (Å²) < 4.78 is 0. The molecular formula is C25H24N4O2S2. The van der Waals surface area contributed by atoms with Crippen molar-refractivity contribution in [2.75, 3.05) is 5.75 Å². The van der Waals surface area contributed by atoms with E-state index in [0.717, 1.165) is 21.6 Å². The molecule has 4 aromatic rings. The highest BCUT2D eigenvalue weighted by molar-refractivity contribution is 7.99. The Morgan fingerprint density at radius 1 is 1.18 bits per heavy atom. The number of carbonyl (C=O) groups excluding carboxylic acids is 1. The van der Waals surface area contributed by atoms with E-state index in [4.69, 9.17) is 0 Å². The molecule has 0 bridgehead atoms. The number of H-pyrrole nitrogens is 1. The van der Waals surface area contributed by atoms with Gasteiger partial charge in [0.15, 0.2) is 5.16 Å². The molecule has 0 radical (unpaired) electrons. The lowest BCUT2D eigenvalue weighted by atomic mass is 10.0. The number of carbonyl (C=O) groups is 1. The minimum atomic E-state index is -0.273. The molecule has 0 atom stereocenters. The van der Waals surface area contributed by atoms with Crippen LogP contribution in [0.5, 0.6) is 0 Å². The zero-order valence-corrected chi connectivity index (χ0v) is 20.2. The summed E-state index contributed by atoms with van der Waals surface area (Å²) in [5.41, 5.74) is 6.38. The highest BCUT2D eigenvalue weighted by Gasteiger charge is 2.17. The SMILES string of the molecule is Cc1sc2nc(SCC(=O)N/N=C/c3ccc(C(C)C)cc3)[nH]c(=O)c2c1-c1ccccc1. The van der Waals surface area contributed by atoms with Crippen molar-refractivity contribution < 1.29 is 4.79 Å². The Labute approximate surface area is 200 Å². The number of benzene rings is 2. The third kappa shape index (κ3) is 5.40. The van der Waals surface area contributed by atoms with Crippen LogP contribution >= 0.6 is 23.1 Å². The number of hydrogen-bond acceptors (Lipinski definition) is 6. The van der Waals surface area contributed by atoms with E-state index < -0.39 is 0 Å². The summed E-state index contributed by atoms with van der Waals surface area (Å²) in [7, 11) is 0. The molecule has 4 rings (SSSR count). The minimum absolute atomic E-state index is 0.0912. The second kappa shape index (κ2) is 10.1. The van der Waals surface area contributed by atoms with Crippen molar-refractivity contribution in [2.24, 2.45) is 5.10 Å². The van der Waals surface area contributed by atoms with E-state index in [1.807, 2.05) is 49.4 Å². The fourth-order valence-electron chi connectivity index (χ4n) is 3.43. The Morgan fingerprint density at radius 2 is 1.91 bits per heavy atom. The van der Waals surface area contributed by atoms with Crippen molar-refractivity contribution in [1.29, 1.82) is 0 Å². The van der Waals surface area contributed by atoms with Crippen molar-refractivity contribution >= 4 is 45.4 Å². The van der Waals surface area contributed by atoms with Crippen LogP contribution in [0.1, 0.15) is 35.8 Å². The third-order valence-electron chi connectivity index (χ3n) is 5.12. The number of hydrazone groups is 1. The molecule has 168 valence electrons. The second-order valence-corrected chi connectivity index (χ2v) is 10.0. The van der Waals surface area contributed by atoms with Gasteiger partial charge in [0.25, 0.3) is 11.5 Å². The van der Waals surface area contributed by atoms with Crippen LogP contribution in [0.25, 0.3) is 21.3 Å². The molecule has 1 amide bonds. The molecule has 2 N–H and O–H groups in total. The average Bonchev–Trinajstić information content (AvgIpc) is 3.15. The van der Waals surface area contributed by atoms with E-state index in [2.05, 4.69) is 46.5 Å². The number of amides is 1. The van der Waals surface area contributed by atoms with Gasteiger partial charge in [0.1, 0.15) is 4.83 Å². The molecular weight excluding hydrogens is 452 g/mol. The summed E-state index contributed by atoms with van der Waals surface area (Å²) >= 11 is 2.66. The van der Waals surface area contributed by atoms with Gasteiger partial charge in [-0.1, -0.05) is 80.2 Å². The molecule has 0 spiro atoms. The predicted molar refractivity (Wildman–Crippen MR) is 137 cm³/mol. The zero-order chi connectivity index (χ0) is 23.4. The first-order valence-electron chi connectivity index (χ1n) is 10.6. The number of nitrogens with zero attached hydrogens (tertiary/aromatic N) is 2. The van der Waals surface area contributed by atoms with Gasteiger partial charge < -0.3 is 4.98 Å². The van der Waals surface area contributed by atoms with E-state index in [-0.39, 0.29) is 17.2 Å². The van der Waals surface area contributed by atoms with Gasteiger partial charge in [-0.15, -0.1) is 11.3 Å². The number of aromatic nitrogens is 2. The van der Waals surface area contributed by atoms with Crippen LogP contribution < -0.4 is 11.0 Å². The second-order valence-electron chi connectivity index (χ2n) is 7.85. The van der Waals surface area contributed by atoms with Gasteiger partial charge in [0, 0.05) is 10.4 Å². The van der Waals surface area contributed by atoms with Gasteiger partial charge >= 0.3 is 0 Å². The van der Waals surface area contributed by atoms with E-state index in [0.29, 0.717) is 21.3 Å². The van der Waals surface area contributed by atoms with Crippen molar-refractivity contribution in [3.63, 3.8) is 0 Å². The highest BCUT2D eigenvalue weighted by Crippen LogP contribution is 2.35. The first-order chi connectivity index (χ1) is 15.9. The van der Waals surface area contributed by atoms with E-state index in [1.165, 1.54) is 28.7 Å². The quantitative estimate of drug-likeness (QED) is 0.163. The van der Waals surface area contributed by atoms with Gasteiger partial charge in [0.2, 0.25) is 0 Å². The highest BCUT2D eigenvalue weighted by atomic mass is 32.2. The minimum Gasteiger partial charge on any atom is -0.301 e. The van der Waals surface area contributed by atoms with Crippen molar-refractivity contribution in [1.82, 2.24) is 15.4 Å². The number of aryl methyl sites for hydroxylation is 1. The first kappa shape index (κ1) is 22.9. The predicted octanol–water partition coefficient (Wildman–Crippen LogP) is 5.33. The molecule has 33 heavy (non-hydrogen) atoms. The summed E-state index contributed by atoms with van der Waals surface area (Å²) in [6.07, 6.45) is 1.61. The maximum atomic E-state index is 12.8. The van der Waals surface area contributed by atoms with Crippen LogP contribution in [-0.4, -0.2) is 27.8 Å². The fourth-order valence-corrected chi connectivity index (χ4v) is 5.19. The van der Waals surface area contributed by atoms with Crippen LogP contribution in [0, 0.1) is 6.92 Å². The summed E-state index contributed by atoms with van der Waals surface area (Å²) in [6, 6.07) is 17.9. The molecule has 0 aliphatic rings. The molecule has 2 heterocycles. The number of aromatic amines is 1. The summed E-state index contributed by atoms with van der Waals surface area (Å²) in [5, 5.41) is 5.02. The van der Waals surface area contributed by atoms with Crippen LogP contribution in [0.15, 0.2) is 69.6 Å². The molecule has 6 nitrogen and oxygen atoms in total. The molecule has 2 aromatic heterocycles. The molecule has 0 saturated carbocycles. The normalized spacial score (nSPS) is 11.5. The van der Waals surface area contributed by atoms with E-state index in [9.17, 15) is 9.59 Å². The summed E-state index contributed by atoms with van der Waals surface area (Å²) in [5.74, 6) is 0.286. The number of rotatable bonds is 7. The lowest BCUT2D eigenvalue weighted by Gasteiger charge is -2.04. The lowest BCUT2D eigenvalue weighted by molar-refractivity contribution is -0.118. The molecule has 8 heteroatoms. The standard InChI is InChI=1S/C25H24N4O2S2/c1-15(2)18-11-9-17(10-12-18)13-26-29-20(30)14-32-25-27-23(31)22-21(16(3)33-24(22)28-25)19-7-5-4-6-8-19/h4-13,15H,14H2,1-3H3,(H,29,30)(H,27,28,31)/b26-13+. The number of thioether (sulfide) groups is 1. The van der Waals surface area contributed by atoms with Gasteiger partial charge in [-0.3, -0.25) is 9.59 Å². The Morgan fingerprint density at radius 3 is 2.61 bits per heavy atom. The largest absolute Gasteiger partial charge is 0.301 e. The van der Waals surface area contributed by atoms with E-state index in [1.54, 1.807) is 6.21 Å². The Kier molecular flexibility index (Phi) is 7.05. The topological polar surface area (TPSA) is 87.2 Å². The maximum Gasteiger partial charge on any atom is 0.260 e. The fraction of sp³-hybridized carbons (Fsp3) is 0.200. The Balaban J connectivity index is 1.41. The molecule has 0 fully saturated rings. The van der Waals surface area contributed by atoms with Crippen LogP contribution in [0.4, 0.5) is 0 Å². The van der Waals surface area contributed by atoms with Gasteiger partial charge in [0.05, 0.1) is 17.4 Å². The van der Waals surface area contributed by atoms with Crippen molar-refractivity contribution in [2.45, 2.75) is 31.8 Å². The molecule has 0 unspecified atom stereocenters. The summed E-state index contributed by atoms with van der Waals surface area (Å²) in [6.45, 7) is 6.27. The smallest absolute Gasteiger partial charge is 0.260 e. The maximum absolute atomic E-state index is 12.8. The average molecular weight is 477 g/mol. The zero-order valence-electron chi connectivity index (χ0n) is 18.6. The first-order valence-corrected chi connectivity index (χ1v) is 12.4. The van der Waals surface area contributed by atoms with Gasteiger partial charge in [-0.2, -0.15) is 5.10 Å². The summed E-state index contributed by atoms with van der Waals surface area (Å²) in [4.78, 5) is 34.1. The molecule has 0 aliphatic carbocycles. The molecule has 0 aliphatic heterocycles. The number of thiophene rings is 1. The third-order valence-corrected chi connectivity index (χ3v) is 7.00. The number of nitrogens with one attached hydrogen (secondary N) is 2. The van der Waals surface area contributed by atoms with Crippen LogP contribution in [-0.2, 0) is 4.79 Å². The monoisotopic (exact) mass is 476 g/mol. The Hall–Kier alpha value is -3.23. The molecule has 2 aromatic carbocycles.